The number of hydrogen-bond acceptors (Lipinski definition) is 2. The van der Waals surface area contributed by atoms with Crippen LogP contribution < -0.4 is 10.1 Å². The molecule has 3 nitrogen and oxygen atoms in total. The van der Waals surface area contributed by atoms with Crippen molar-refractivity contribution in [3.8, 4) is 5.75 Å². The van der Waals surface area contributed by atoms with E-state index in [1.807, 2.05) is 48.5 Å². The molecule has 4 rings (SSSR count). The number of amides is 1. The molecule has 160 valence electrons. The van der Waals surface area contributed by atoms with E-state index in [1.165, 1.54) is 12.0 Å². The van der Waals surface area contributed by atoms with E-state index in [2.05, 4.69) is 48.6 Å². The van der Waals surface area contributed by atoms with Crippen LogP contribution in [0.25, 0.3) is 0 Å². The van der Waals surface area contributed by atoms with E-state index in [9.17, 15) is 4.79 Å². The van der Waals surface area contributed by atoms with E-state index in [1.54, 1.807) is 0 Å². The van der Waals surface area contributed by atoms with E-state index in [0.717, 1.165) is 36.1 Å². The molecule has 0 aromatic heterocycles. The minimum Gasteiger partial charge on any atom is -0.489 e. The van der Waals surface area contributed by atoms with Crippen molar-refractivity contribution in [2.24, 2.45) is 5.92 Å². The van der Waals surface area contributed by atoms with Gasteiger partial charge in [0.05, 0.1) is 6.04 Å². The summed E-state index contributed by atoms with van der Waals surface area (Å²) in [6.07, 6.45) is 4.29. The third kappa shape index (κ3) is 5.55. The van der Waals surface area contributed by atoms with Gasteiger partial charge in [-0.1, -0.05) is 85.6 Å². The van der Waals surface area contributed by atoms with Gasteiger partial charge in [-0.05, 0) is 54.5 Å². The van der Waals surface area contributed by atoms with E-state index < -0.39 is 0 Å². The maximum atomic E-state index is 13.2. The van der Waals surface area contributed by atoms with Crippen LogP contribution in [0.4, 0.5) is 0 Å². The Morgan fingerprint density at radius 1 is 0.935 bits per heavy atom. The molecule has 0 unspecified atom stereocenters. The average Bonchev–Trinajstić information content (AvgIpc) is 2.84. The van der Waals surface area contributed by atoms with Crippen LogP contribution in [-0.4, -0.2) is 5.91 Å². The van der Waals surface area contributed by atoms with Gasteiger partial charge in [-0.25, -0.2) is 0 Å². The molecule has 1 saturated carbocycles. The molecule has 0 aliphatic heterocycles. The van der Waals surface area contributed by atoms with Crippen LogP contribution in [0.5, 0.6) is 5.75 Å². The van der Waals surface area contributed by atoms with Crippen LogP contribution in [0, 0.1) is 5.92 Å². The smallest absolute Gasteiger partial charge is 0.224 e. The van der Waals surface area contributed by atoms with Crippen molar-refractivity contribution in [3.05, 3.63) is 102 Å². The number of hydrogen-bond donors (Lipinski definition) is 1. The summed E-state index contributed by atoms with van der Waals surface area (Å²) in [7, 11) is 0. The molecular weight excluding hydrogens is 382 g/mol. The van der Waals surface area contributed by atoms with Crippen LogP contribution in [0.2, 0.25) is 0 Å². The first kappa shape index (κ1) is 21.2. The topological polar surface area (TPSA) is 38.3 Å². The van der Waals surface area contributed by atoms with Gasteiger partial charge < -0.3 is 10.1 Å². The van der Waals surface area contributed by atoms with E-state index in [0.29, 0.717) is 6.61 Å². The van der Waals surface area contributed by atoms with Gasteiger partial charge in [0.15, 0.2) is 0 Å². The number of para-hydroxylation sites is 1. The Morgan fingerprint density at radius 2 is 1.65 bits per heavy atom. The molecule has 31 heavy (non-hydrogen) atoms. The molecule has 1 aliphatic carbocycles. The van der Waals surface area contributed by atoms with Gasteiger partial charge in [-0.15, -0.1) is 0 Å². The molecule has 3 heteroatoms. The lowest BCUT2D eigenvalue weighted by atomic mass is 9.74. The Kier molecular flexibility index (Phi) is 7.03. The van der Waals surface area contributed by atoms with Crippen LogP contribution >= 0.6 is 0 Å². The molecule has 1 N–H and O–H groups in total. The van der Waals surface area contributed by atoms with Crippen molar-refractivity contribution in [1.82, 2.24) is 5.32 Å². The van der Waals surface area contributed by atoms with Gasteiger partial charge >= 0.3 is 0 Å². The van der Waals surface area contributed by atoms with Crippen molar-refractivity contribution >= 4 is 5.91 Å². The quantitative estimate of drug-likeness (QED) is 0.485. The molecular formula is C28H31NO2. The fourth-order valence-electron chi connectivity index (χ4n) is 4.59. The SMILES string of the molecule is C[C@H](NC(=O)[C@H]1CCCC[C@@H]1c1cccc(COc2ccccc2)c1)c1ccccc1. The Morgan fingerprint density at radius 3 is 2.42 bits per heavy atom. The predicted octanol–water partition coefficient (Wildman–Crippen LogP) is 6.42. The van der Waals surface area contributed by atoms with Crippen molar-refractivity contribution in [2.75, 3.05) is 0 Å². The van der Waals surface area contributed by atoms with Crippen molar-refractivity contribution in [3.63, 3.8) is 0 Å². The summed E-state index contributed by atoms with van der Waals surface area (Å²) in [5.74, 6) is 1.32. The van der Waals surface area contributed by atoms with Gasteiger partial charge in [0.25, 0.3) is 0 Å². The van der Waals surface area contributed by atoms with Crippen LogP contribution in [-0.2, 0) is 11.4 Å². The summed E-state index contributed by atoms with van der Waals surface area (Å²) in [6.45, 7) is 2.60. The fourth-order valence-corrected chi connectivity index (χ4v) is 4.59. The first-order chi connectivity index (χ1) is 15.2. The Hall–Kier alpha value is -3.07. The van der Waals surface area contributed by atoms with E-state index in [4.69, 9.17) is 4.74 Å². The summed E-state index contributed by atoms with van der Waals surface area (Å²) >= 11 is 0. The Balaban J connectivity index is 1.45. The summed E-state index contributed by atoms with van der Waals surface area (Å²) in [5, 5.41) is 3.26. The van der Waals surface area contributed by atoms with Crippen molar-refractivity contribution in [1.29, 1.82) is 0 Å². The molecule has 0 radical (unpaired) electrons. The zero-order valence-electron chi connectivity index (χ0n) is 18.2. The summed E-state index contributed by atoms with van der Waals surface area (Å²) in [5.41, 5.74) is 3.54. The van der Waals surface area contributed by atoms with Crippen LogP contribution in [0.1, 0.15) is 61.3 Å². The minimum absolute atomic E-state index is 0.0156. The van der Waals surface area contributed by atoms with Crippen molar-refractivity contribution < 1.29 is 9.53 Å². The molecule has 0 saturated heterocycles. The van der Waals surface area contributed by atoms with Crippen LogP contribution in [0.15, 0.2) is 84.9 Å². The number of ether oxygens (including phenoxy) is 1. The number of benzene rings is 3. The first-order valence-electron chi connectivity index (χ1n) is 11.3. The highest BCUT2D eigenvalue weighted by Crippen LogP contribution is 2.38. The fraction of sp³-hybridized carbons (Fsp3) is 0.321. The maximum Gasteiger partial charge on any atom is 0.224 e. The molecule has 0 heterocycles. The highest BCUT2D eigenvalue weighted by Gasteiger charge is 2.32. The van der Waals surface area contributed by atoms with E-state index >= 15 is 0 Å². The molecule has 3 aromatic carbocycles. The van der Waals surface area contributed by atoms with Crippen molar-refractivity contribution in [2.45, 2.75) is 51.2 Å². The van der Waals surface area contributed by atoms with Gasteiger partial charge in [-0.3, -0.25) is 4.79 Å². The number of nitrogens with one attached hydrogen (secondary N) is 1. The molecule has 3 atom stereocenters. The third-order valence-corrected chi connectivity index (χ3v) is 6.29. The van der Waals surface area contributed by atoms with Gasteiger partial charge in [0, 0.05) is 5.92 Å². The highest BCUT2D eigenvalue weighted by atomic mass is 16.5. The second-order valence-corrected chi connectivity index (χ2v) is 8.49. The first-order valence-corrected chi connectivity index (χ1v) is 11.3. The monoisotopic (exact) mass is 413 g/mol. The Labute approximate surface area is 185 Å². The second kappa shape index (κ2) is 10.3. The molecule has 0 spiro atoms. The van der Waals surface area contributed by atoms with E-state index in [-0.39, 0.29) is 23.8 Å². The zero-order chi connectivity index (χ0) is 21.5. The maximum absolute atomic E-state index is 13.2. The summed E-state index contributed by atoms with van der Waals surface area (Å²) < 4.78 is 5.93. The molecule has 1 fully saturated rings. The second-order valence-electron chi connectivity index (χ2n) is 8.49. The summed E-state index contributed by atoms with van der Waals surface area (Å²) in [4.78, 5) is 13.2. The van der Waals surface area contributed by atoms with Gasteiger partial charge in [0.2, 0.25) is 5.91 Å². The number of carbonyl (C=O) groups excluding carboxylic acids is 1. The average molecular weight is 414 g/mol. The standard InChI is InChI=1S/C28H31NO2/c1-21(23-12-4-2-5-13-23)29-28(30)27-18-9-8-17-26(27)24-14-10-11-22(19-24)20-31-25-15-6-3-7-16-25/h2-7,10-16,19,21,26-27H,8-9,17-18,20H2,1H3,(H,29,30)/t21-,26+,27-/m0/s1. The predicted molar refractivity (Wildman–Crippen MR) is 125 cm³/mol. The normalized spacial score (nSPS) is 19.4. The number of rotatable bonds is 7. The minimum atomic E-state index is 0.0156. The lowest BCUT2D eigenvalue weighted by Gasteiger charge is -2.32. The summed E-state index contributed by atoms with van der Waals surface area (Å²) in [6, 6.07) is 28.7. The largest absolute Gasteiger partial charge is 0.489 e. The highest BCUT2D eigenvalue weighted by molar-refractivity contribution is 5.80. The van der Waals surface area contributed by atoms with Gasteiger partial charge in [0.1, 0.15) is 12.4 Å². The number of carbonyl (C=O) groups is 1. The molecule has 0 bridgehead atoms. The van der Waals surface area contributed by atoms with Crippen LogP contribution in [0.3, 0.4) is 0 Å². The zero-order valence-corrected chi connectivity index (χ0v) is 18.2. The third-order valence-electron chi connectivity index (χ3n) is 6.29. The molecule has 3 aromatic rings. The molecule has 1 amide bonds. The lowest BCUT2D eigenvalue weighted by Crippen LogP contribution is -2.37. The lowest BCUT2D eigenvalue weighted by molar-refractivity contribution is -0.127. The van der Waals surface area contributed by atoms with Gasteiger partial charge in [-0.2, -0.15) is 0 Å². The molecule has 1 aliphatic rings. The Bertz CT molecular complexity index is 971.